The topological polar surface area (TPSA) is 49.3 Å². The molecule has 0 saturated carbocycles. The second-order valence-electron chi connectivity index (χ2n) is 2.63. The number of alkyl halides is 5. The lowest BCUT2D eigenvalue weighted by atomic mass is 10.3. The van der Waals surface area contributed by atoms with Crippen molar-refractivity contribution < 1.29 is 31.9 Å². The van der Waals surface area contributed by atoms with Gasteiger partial charge in [0.15, 0.2) is 0 Å². The van der Waals surface area contributed by atoms with E-state index in [9.17, 15) is 26.7 Å². The van der Waals surface area contributed by atoms with Gasteiger partial charge in [0.2, 0.25) is 0 Å². The quantitative estimate of drug-likeness (QED) is 0.688. The number of rotatable bonds is 3. The third-order valence-corrected chi connectivity index (χ3v) is 1.20. The molecular formula is C6H8F5NO2. The fraction of sp³-hybridized carbons (Fsp3) is 0.833. The molecule has 0 saturated heterocycles. The molecule has 0 aromatic heterocycles. The molecule has 84 valence electrons. The summed E-state index contributed by atoms with van der Waals surface area (Å²) in [6.45, 7) is 0.469. The molecule has 0 rings (SSSR count). The lowest BCUT2D eigenvalue weighted by Gasteiger charge is -2.18. The van der Waals surface area contributed by atoms with Gasteiger partial charge in [-0.25, -0.2) is 0 Å². The average molecular weight is 221 g/mol. The fourth-order valence-electron chi connectivity index (χ4n) is 0.480. The summed E-state index contributed by atoms with van der Waals surface area (Å²) in [6.07, 6.45) is -7.11. The van der Waals surface area contributed by atoms with Gasteiger partial charge < -0.3 is 10.4 Å². The summed E-state index contributed by atoms with van der Waals surface area (Å²) in [5, 5.41) is 9.80. The Morgan fingerprint density at radius 1 is 1.36 bits per heavy atom. The van der Waals surface area contributed by atoms with E-state index in [0.29, 0.717) is 0 Å². The maximum atomic E-state index is 12.2. The van der Waals surface area contributed by atoms with E-state index in [-0.39, 0.29) is 0 Å². The van der Waals surface area contributed by atoms with Gasteiger partial charge in [-0.15, -0.1) is 0 Å². The second kappa shape index (κ2) is 4.07. The molecule has 0 radical (unpaired) electrons. The largest absolute Gasteiger partial charge is 0.463 e. The third-order valence-electron chi connectivity index (χ3n) is 1.20. The van der Waals surface area contributed by atoms with E-state index >= 15 is 0 Å². The van der Waals surface area contributed by atoms with Crippen LogP contribution in [-0.2, 0) is 4.79 Å². The van der Waals surface area contributed by atoms with Gasteiger partial charge in [0, 0.05) is 6.54 Å². The van der Waals surface area contributed by atoms with Crippen LogP contribution in [0.2, 0.25) is 0 Å². The maximum absolute atomic E-state index is 12.2. The number of halogens is 5. The number of carbonyl (C=O) groups is 1. The van der Waals surface area contributed by atoms with Gasteiger partial charge in [0.1, 0.15) is 0 Å². The number of amides is 1. The van der Waals surface area contributed by atoms with Crippen molar-refractivity contribution in [3.8, 4) is 0 Å². The summed E-state index contributed by atoms with van der Waals surface area (Å²) in [6, 6.07) is 0. The van der Waals surface area contributed by atoms with Gasteiger partial charge in [0.05, 0.1) is 6.10 Å². The monoisotopic (exact) mass is 221 g/mol. The first-order chi connectivity index (χ1) is 6.09. The number of nitrogens with one attached hydrogen (secondary N) is 1. The van der Waals surface area contributed by atoms with E-state index in [4.69, 9.17) is 5.11 Å². The average Bonchev–Trinajstić information content (AvgIpc) is 1.97. The highest BCUT2D eigenvalue weighted by molar-refractivity contribution is 5.84. The van der Waals surface area contributed by atoms with Crippen LogP contribution in [0.25, 0.3) is 0 Å². The van der Waals surface area contributed by atoms with Gasteiger partial charge in [0.25, 0.3) is 5.91 Å². The number of hydrogen-bond donors (Lipinski definition) is 2. The van der Waals surface area contributed by atoms with Gasteiger partial charge >= 0.3 is 12.1 Å². The Balaban J connectivity index is 4.38. The lowest BCUT2D eigenvalue weighted by Crippen LogP contribution is -2.51. The summed E-state index contributed by atoms with van der Waals surface area (Å²) in [5.41, 5.74) is 0. The van der Waals surface area contributed by atoms with Crippen LogP contribution in [0.4, 0.5) is 22.0 Å². The Kier molecular flexibility index (Phi) is 3.81. The SMILES string of the molecule is C[C@@H](O)CNC(=O)C(F)(F)C(F)(F)F. The summed E-state index contributed by atoms with van der Waals surface area (Å²) in [7, 11) is 0. The summed E-state index contributed by atoms with van der Waals surface area (Å²) in [5.74, 6) is -7.90. The number of carbonyl (C=O) groups excluding carboxylic acids is 1. The minimum Gasteiger partial charge on any atom is -0.392 e. The first-order valence-corrected chi connectivity index (χ1v) is 3.50. The molecule has 1 atom stereocenters. The predicted octanol–water partition coefficient (Wildman–Crippen LogP) is 0.681. The molecular weight excluding hydrogens is 213 g/mol. The maximum Gasteiger partial charge on any atom is 0.463 e. The first kappa shape index (κ1) is 13.1. The van der Waals surface area contributed by atoms with Crippen LogP contribution >= 0.6 is 0 Å². The lowest BCUT2D eigenvalue weighted by molar-refractivity contribution is -0.269. The van der Waals surface area contributed by atoms with Crippen LogP contribution < -0.4 is 5.32 Å². The number of aliphatic hydroxyl groups is 1. The van der Waals surface area contributed by atoms with Crippen molar-refractivity contribution >= 4 is 5.91 Å². The molecule has 2 N–H and O–H groups in total. The van der Waals surface area contributed by atoms with Crippen LogP contribution in [0.5, 0.6) is 0 Å². The molecule has 0 spiro atoms. The van der Waals surface area contributed by atoms with Crippen molar-refractivity contribution in [3.63, 3.8) is 0 Å². The van der Waals surface area contributed by atoms with Crippen LogP contribution in [-0.4, -0.2) is 35.8 Å². The van der Waals surface area contributed by atoms with Crippen LogP contribution in [0.15, 0.2) is 0 Å². The van der Waals surface area contributed by atoms with Crippen molar-refractivity contribution in [2.45, 2.75) is 25.1 Å². The molecule has 0 bridgehead atoms. The molecule has 0 fully saturated rings. The Morgan fingerprint density at radius 2 is 1.79 bits per heavy atom. The van der Waals surface area contributed by atoms with E-state index in [1.807, 2.05) is 0 Å². The van der Waals surface area contributed by atoms with Crippen molar-refractivity contribution in [1.29, 1.82) is 0 Å². The zero-order valence-electron chi connectivity index (χ0n) is 7.03. The Labute approximate surface area is 75.9 Å². The van der Waals surface area contributed by atoms with Crippen LogP contribution in [0.1, 0.15) is 6.92 Å². The molecule has 3 nitrogen and oxygen atoms in total. The smallest absolute Gasteiger partial charge is 0.392 e. The zero-order valence-corrected chi connectivity index (χ0v) is 7.03. The molecule has 0 aliphatic rings. The zero-order chi connectivity index (χ0) is 11.6. The van der Waals surface area contributed by atoms with Crippen molar-refractivity contribution in [2.75, 3.05) is 6.54 Å². The molecule has 0 aromatic carbocycles. The normalized spacial score (nSPS) is 15.1. The highest BCUT2D eigenvalue weighted by Crippen LogP contribution is 2.35. The summed E-state index contributed by atoms with van der Waals surface area (Å²) < 4.78 is 58.9. The Hall–Kier alpha value is -0.920. The summed E-state index contributed by atoms with van der Waals surface area (Å²) >= 11 is 0. The minimum atomic E-state index is -5.92. The Morgan fingerprint density at radius 3 is 2.07 bits per heavy atom. The molecule has 14 heavy (non-hydrogen) atoms. The standard InChI is InChI=1S/C6H8F5NO2/c1-3(13)2-12-4(14)5(7,8)6(9,10)11/h3,13H,2H2,1H3,(H,12,14)/t3-/m1/s1. The first-order valence-electron chi connectivity index (χ1n) is 3.50. The van der Waals surface area contributed by atoms with E-state index in [0.717, 1.165) is 6.92 Å². The van der Waals surface area contributed by atoms with E-state index in [1.54, 1.807) is 0 Å². The van der Waals surface area contributed by atoms with Gasteiger partial charge in [-0.3, -0.25) is 4.79 Å². The molecule has 0 unspecified atom stereocenters. The predicted molar refractivity (Wildman–Crippen MR) is 35.7 cm³/mol. The van der Waals surface area contributed by atoms with Gasteiger partial charge in [-0.05, 0) is 6.92 Å². The van der Waals surface area contributed by atoms with Gasteiger partial charge in [-0.2, -0.15) is 22.0 Å². The van der Waals surface area contributed by atoms with E-state index in [1.165, 1.54) is 5.32 Å². The van der Waals surface area contributed by atoms with Gasteiger partial charge in [-0.1, -0.05) is 0 Å². The van der Waals surface area contributed by atoms with Crippen molar-refractivity contribution in [3.05, 3.63) is 0 Å². The molecule has 0 aliphatic carbocycles. The second-order valence-corrected chi connectivity index (χ2v) is 2.63. The fourth-order valence-corrected chi connectivity index (χ4v) is 0.480. The van der Waals surface area contributed by atoms with Crippen LogP contribution in [0, 0.1) is 0 Å². The molecule has 8 heteroatoms. The summed E-state index contributed by atoms with van der Waals surface area (Å²) in [4.78, 5) is 10.3. The molecule has 0 aliphatic heterocycles. The highest BCUT2D eigenvalue weighted by atomic mass is 19.4. The van der Waals surface area contributed by atoms with Crippen molar-refractivity contribution in [1.82, 2.24) is 5.32 Å². The molecule has 0 aromatic rings. The van der Waals surface area contributed by atoms with Crippen LogP contribution in [0.3, 0.4) is 0 Å². The Bertz CT molecular complexity index is 213. The molecule has 1 amide bonds. The number of aliphatic hydroxyl groups excluding tert-OH is 1. The highest BCUT2D eigenvalue weighted by Gasteiger charge is 2.63. The van der Waals surface area contributed by atoms with E-state index < -0.39 is 30.7 Å². The number of hydrogen-bond acceptors (Lipinski definition) is 2. The minimum absolute atomic E-state index is 0.662. The van der Waals surface area contributed by atoms with Crippen molar-refractivity contribution in [2.24, 2.45) is 0 Å². The third kappa shape index (κ3) is 3.09. The molecule has 0 heterocycles. The van der Waals surface area contributed by atoms with E-state index in [2.05, 4.69) is 0 Å².